The predicted octanol–water partition coefficient (Wildman–Crippen LogP) is 2.38. The Morgan fingerprint density at radius 2 is 2.24 bits per heavy atom. The first-order valence-electron chi connectivity index (χ1n) is 8.53. The molecule has 0 aliphatic carbocycles. The van der Waals surface area contributed by atoms with E-state index < -0.39 is 0 Å². The first-order valence-corrected chi connectivity index (χ1v) is 8.53. The molecule has 0 radical (unpaired) electrons. The summed E-state index contributed by atoms with van der Waals surface area (Å²) < 4.78 is 7.08. The van der Waals surface area contributed by atoms with Gasteiger partial charge in [0.25, 0.3) is 5.78 Å². The highest BCUT2D eigenvalue weighted by Gasteiger charge is 2.23. The highest BCUT2D eigenvalue weighted by atomic mass is 16.5. The van der Waals surface area contributed by atoms with Crippen molar-refractivity contribution < 1.29 is 4.74 Å². The van der Waals surface area contributed by atoms with Gasteiger partial charge in [-0.15, -0.1) is 0 Å². The summed E-state index contributed by atoms with van der Waals surface area (Å²) in [5.41, 5.74) is 2.16. The molecule has 1 atom stereocenters. The summed E-state index contributed by atoms with van der Waals surface area (Å²) >= 11 is 0. The van der Waals surface area contributed by atoms with E-state index in [-0.39, 0.29) is 0 Å². The number of ether oxygens (including phenoxy) is 1. The van der Waals surface area contributed by atoms with Gasteiger partial charge in [0.1, 0.15) is 17.9 Å². The molecule has 25 heavy (non-hydrogen) atoms. The first kappa shape index (κ1) is 15.7. The molecule has 1 aliphatic rings. The number of anilines is 2. The summed E-state index contributed by atoms with van der Waals surface area (Å²) in [6.07, 6.45) is 2.70. The molecule has 3 aromatic rings. The van der Waals surface area contributed by atoms with Crippen LogP contribution in [0.3, 0.4) is 0 Å². The maximum atomic E-state index is 5.33. The summed E-state index contributed by atoms with van der Waals surface area (Å²) in [7, 11) is 1.71. The molecule has 1 N–H and O–H groups in total. The second kappa shape index (κ2) is 6.58. The van der Waals surface area contributed by atoms with Crippen LogP contribution in [0.2, 0.25) is 0 Å². The summed E-state index contributed by atoms with van der Waals surface area (Å²) in [6, 6.07) is 10.3. The number of fused-ring (bicyclic) bond motifs is 1. The molecule has 1 saturated heterocycles. The second-order valence-electron chi connectivity index (χ2n) is 6.44. The molecule has 1 aromatic carbocycles. The van der Waals surface area contributed by atoms with Gasteiger partial charge in [0, 0.05) is 43.1 Å². The minimum Gasteiger partial charge on any atom is -0.497 e. The van der Waals surface area contributed by atoms with Gasteiger partial charge in [-0.1, -0.05) is 6.07 Å². The third-order valence-electron chi connectivity index (χ3n) is 4.66. The molecule has 7 heteroatoms. The van der Waals surface area contributed by atoms with Crippen molar-refractivity contribution in [2.75, 3.05) is 37.0 Å². The monoisotopic (exact) mass is 338 g/mol. The minimum absolute atomic E-state index is 0.582. The largest absolute Gasteiger partial charge is 0.497 e. The van der Waals surface area contributed by atoms with Crippen molar-refractivity contribution in [2.45, 2.75) is 13.3 Å². The molecule has 0 spiro atoms. The zero-order valence-electron chi connectivity index (χ0n) is 14.5. The lowest BCUT2D eigenvalue weighted by Gasteiger charge is -2.19. The van der Waals surface area contributed by atoms with Crippen molar-refractivity contribution in [2.24, 2.45) is 5.92 Å². The van der Waals surface area contributed by atoms with Crippen LogP contribution in [0.15, 0.2) is 36.7 Å². The van der Waals surface area contributed by atoms with E-state index in [4.69, 9.17) is 4.74 Å². The molecule has 0 bridgehead atoms. The number of aromatic nitrogens is 4. The fourth-order valence-electron chi connectivity index (χ4n) is 3.35. The van der Waals surface area contributed by atoms with Crippen LogP contribution < -0.4 is 15.0 Å². The van der Waals surface area contributed by atoms with Gasteiger partial charge in [0.2, 0.25) is 0 Å². The van der Waals surface area contributed by atoms with Crippen molar-refractivity contribution in [3.8, 4) is 5.75 Å². The highest BCUT2D eigenvalue weighted by molar-refractivity contribution is 5.51. The minimum atomic E-state index is 0.582. The van der Waals surface area contributed by atoms with Crippen LogP contribution in [0, 0.1) is 12.8 Å². The van der Waals surface area contributed by atoms with Gasteiger partial charge in [0.05, 0.1) is 7.11 Å². The number of nitrogens with one attached hydrogen (secondary N) is 1. The summed E-state index contributed by atoms with van der Waals surface area (Å²) in [5, 5.41) is 7.76. The van der Waals surface area contributed by atoms with Gasteiger partial charge in [-0.2, -0.15) is 14.6 Å². The Hall–Kier alpha value is -2.83. The van der Waals surface area contributed by atoms with E-state index in [1.165, 1.54) is 12.0 Å². The van der Waals surface area contributed by atoms with Gasteiger partial charge in [-0.3, -0.25) is 0 Å². The molecule has 1 aliphatic heterocycles. The zero-order valence-corrected chi connectivity index (χ0v) is 14.5. The fourth-order valence-corrected chi connectivity index (χ4v) is 3.35. The van der Waals surface area contributed by atoms with E-state index in [2.05, 4.69) is 37.4 Å². The van der Waals surface area contributed by atoms with Crippen molar-refractivity contribution >= 4 is 17.3 Å². The smallest absolute Gasteiger partial charge is 0.254 e. The zero-order chi connectivity index (χ0) is 17.2. The van der Waals surface area contributed by atoms with Crippen LogP contribution in [0.5, 0.6) is 5.75 Å². The Bertz CT molecular complexity index is 877. The Balaban J connectivity index is 1.41. The maximum absolute atomic E-state index is 5.33. The van der Waals surface area contributed by atoms with Gasteiger partial charge >= 0.3 is 0 Å². The number of hydrogen-bond acceptors (Lipinski definition) is 6. The molecule has 0 unspecified atom stereocenters. The number of hydrogen-bond donors (Lipinski definition) is 1. The van der Waals surface area contributed by atoms with Gasteiger partial charge < -0.3 is 15.0 Å². The maximum Gasteiger partial charge on any atom is 0.254 e. The van der Waals surface area contributed by atoms with E-state index in [0.717, 1.165) is 43.3 Å². The van der Waals surface area contributed by atoms with Crippen molar-refractivity contribution in [1.29, 1.82) is 0 Å². The summed E-state index contributed by atoms with van der Waals surface area (Å²) in [6.45, 7) is 4.97. The Morgan fingerprint density at radius 1 is 1.32 bits per heavy atom. The van der Waals surface area contributed by atoms with Crippen LogP contribution in [0.4, 0.5) is 11.5 Å². The number of nitrogens with zero attached hydrogens (tertiary/aromatic N) is 5. The Kier molecular flexibility index (Phi) is 4.13. The lowest BCUT2D eigenvalue weighted by Crippen LogP contribution is -2.23. The van der Waals surface area contributed by atoms with Crippen molar-refractivity contribution in [3.05, 3.63) is 42.4 Å². The fraction of sp³-hybridized carbons (Fsp3) is 0.389. The van der Waals surface area contributed by atoms with E-state index in [9.17, 15) is 0 Å². The molecular weight excluding hydrogens is 316 g/mol. The van der Waals surface area contributed by atoms with E-state index in [1.807, 2.05) is 25.1 Å². The second-order valence-corrected chi connectivity index (χ2v) is 6.44. The predicted molar refractivity (Wildman–Crippen MR) is 97.3 cm³/mol. The van der Waals surface area contributed by atoms with Crippen LogP contribution in [-0.4, -0.2) is 46.3 Å². The van der Waals surface area contributed by atoms with Crippen molar-refractivity contribution in [3.63, 3.8) is 0 Å². The number of rotatable bonds is 5. The molecule has 4 rings (SSSR count). The third kappa shape index (κ3) is 3.22. The SMILES string of the molecule is COc1cccc(N2CC[C@@H](CNc3cc(C)nc4ncnn34)C2)c1. The number of benzene rings is 1. The molecule has 0 saturated carbocycles. The molecule has 0 amide bonds. The summed E-state index contributed by atoms with van der Waals surface area (Å²) in [5.74, 6) is 3.06. The third-order valence-corrected chi connectivity index (χ3v) is 4.66. The van der Waals surface area contributed by atoms with Gasteiger partial charge in [0.15, 0.2) is 0 Å². The van der Waals surface area contributed by atoms with Crippen LogP contribution in [0.25, 0.3) is 5.78 Å². The number of aryl methyl sites for hydroxylation is 1. The lowest BCUT2D eigenvalue weighted by molar-refractivity contribution is 0.415. The van der Waals surface area contributed by atoms with E-state index >= 15 is 0 Å². The van der Waals surface area contributed by atoms with E-state index in [1.54, 1.807) is 11.6 Å². The molecule has 2 aromatic heterocycles. The van der Waals surface area contributed by atoms with Gasteiger partial charge in [-0.05, 0) is 31.4 Å². The molecule has 3 heterocycles. The normalized spacial score (nSPS) is 17.2. The standard InChI is InChI=1S/C18H22N6O/c1-13-8-17(24-18(22-13)20-12-21-24)19-10-14-6-7-23(11-14)15-4-3-5-16(9-15)25-2/h3-5,8-9,12,14,19H,6-7,10-11H2,1-2H3/t14-/m0/s1. The van der Waals surface area contributed by atoms with Gasteiger partial charge in [-0.25, -0.2) is 4.98 Å². The number of methoxy groups -OCH3 is 1. The quantitative estimate of drug-likeness (QED) is 0.770. The average Bonchev–Trinajstić information content (AvgIpc) is 3.29. The Morgan fingerprint density at radius 3 is 3.12 bits per heavy atom. The Labute approximate surface area is 146 Å². The van der Waals surface area contributed by atoms with Crippen LogP contribution in [-0.2, 0) is 0 Å². The first-order chi connectivity index (χ1) is 12.2. The molecule has 130 valence electrons. The summed E-state index contributed by atoms with van der Waals surface area (Å²) in [4.78, 5) is 11.0. The molecule has 7 nitrogen and oxygen atoms in total. The van der Waals surface area contributed by atoms with Crippen LogP contribution in [0.1, 0.15) is 12.1 Å². The van der Waals surface area contributed by atoms with E-state index in [0.29, 0.717) is 11.7 Å². The van der Waals surface area contributed by atoms with Crippen LogP contribution >= 0.6 is 0 Å². The van der Waals surface area contributed by atoms with Crippen molar-refractivity contribution in [1.82, 2.24) is 19.6 Å². The highest BCUT2D eigenvalue weighted by Crippen LogP contribution is 2.27. The lowest BCUT2D eigenvalue weighted by atomic mass is 10.1. The average molecular weight is 338 g/mol. The topological polar surface area (TPSA) is 67.6 Å². The molecular formula is C18H22N6O. The molecule has 1 fully saturated rings.